The Bertz CT molecular complexity index is 742. The molecule has 0 saturated carbocycles. The van der Waals surface area contributed by atoms with Gasteiger partial charge in [0.05, 0.1) is 0 Å². The van der Waals surface area contributed by atoms with E-state index in [1.165, 1.54) is 11.8 Å². The number of carbonyl (C=O) groups excluding carboxylic acids is 2. The van der Waals surface area contributed by atoms with Gasteiger partial charge in [-0.1, -0.05) is 30.3 Å². The van der Waals surface area contributed by atoms with Crippen molar-refractivity contribution in [2.45, 2.75) is 19.4 Å². The molecule has 0 aliphatic carbocycles. The minimum Gasteiger partial charge on any atom is -0.335 e. The minimum absolute atomic E-state index is 0.0150. The van der Waals surface area contributed by atoms with Gasteiger partial charge >= 0.3 is 0 Å². The van der Waals surface area contributed by atoms with Gasteiger partial charge in [-0.15, -0.1) is 0 Å². The van der Waals surface area contributed by atoms with Crippen LogP contribution in [0.2, 0.25) is 0 Å². The van der Waals surface area contributed by atoms with Crippen LogP contribution in [-0.4, -0.2) is 60.9 Å². The van der Waals surface area contributed by atoms with Crippen molar-refractivity contribution in [3.8, 4) is 6.07 Å². The number of nitriles is 1. The lowest BCUT2D eigenvalue weighted by molar-refractivity contribution is -0.128. The highest BCUT2D eigenvalue weighted by Crippen LogP contribution is 2.13. The molecular formula is C21H27N5O2. The first-order valence-electron chi connectivity index (χ1n) is 9.84. The average molecular weight is 381 g/mol. The molecule has 2 aliphatic rings. The number of rotatable bonds is 5. The van der Waals surface area contributed by atoms with E-state index in [-0.39, 0.29) is 23.3 Å². The van der Waals surface area contributed by atoms with E-state index >= 15 is 0 Å². The molecule has 2 amide bonds. The number of hydrogen-bond acceptors (Lipinski definition) is 5. The lowest BCUT2D eigenvalue weighted by Crippen LogP contribution is -2.48. The number of piperidine rings is 1. The van der Waals surface area contributed by atoms with Crippen LogP contribution in [0.1, 0.15) is 18.4 Å². The molecule has 7 nitrogen and oxygen atoms in total. The van der Waals surface area contributed by atoms with E-state index in [2.05, 4.69) is 27.7 Å². The van der Waals surface area contributed by atoms with Gasteiger partial charge in [0, 0.05) is 44.8 Å². The Morgan fingerprint density at radius 1 is 1.14 bits per heavy atom. The van der Waals surface area contributed by atoms with E-state index in [0.717, 1.165) is 45.6 Å². The molecule has 2 fully saturated rings. The lowest BCUT2D eigenvalue weighted by atomic mass is 9.97. The van der Waals surface area contributed by atoms with E-state index in [1.807, 2.05) is 24.3 Å². The summed E-state index contributed by atoms with van der Waals surface area (Å²) >= 11 is 0. The zero-order chi connectivity index (χ0) is 19.8. The second-order valence-corrected chi connectivity index (χ2v) is 7.26. The van der Waals surface area contributed by atoms with E-state index in [9.17, 15) is 14.9 Å². The summed E-state index contributed by atoms with van der Waals surface area (Å²) in [6.07, 6.45) is 2.83. The Morgan fingerprint density at radius 3 is 2.46 bits per heavy atom. The van der Waals surface area contributed by atoms with Crippen LogP contribution in [0.15, 0.2) is 42.1 Å². The summed E-state index contributed by atoms with van der Waals surface area (Å²) < 4.78 is 0. The average Bonchev–Trinajstić information content (AvgIpc) is 2.75. The molecule has 7 heteroatoms. The van der Waals surface area contributed by atoms with Crippen molar-refractivity contribution in [2.75, 3.05) is 39.3 Å². The zero-order valence-corrected chi connectivity index (χ0v) is 16.1. The first-order valence-corrected chi connectivity index (χ1v) is 9.84. The summed E-state index contributed by atoms with van der Waals surface area (Å²) in [6.45, 7) is 5.18. The summed E-state index contributed by atoms with van der Waals surface area (Å²) in [7, 11) is 0. The Balaban J connectivity index is 1.49. The fraction of sp³-hybridized carbons (Fsp3) is 0.476. The Hall–Kier alpha value is -2.69. The van der Waals surface area contributed by atoms with E-state index < -0.39 is 0 Å². The maximum atomic E-state index is 12.6. The normalized spacial score (nSPS) is 19.1. The maximum Gasteiger partial charge on any atom is 0.266 e. The number of amides is 2. The van der Waals surface area contributed by atoms with Crippen LogP contribution >= 0.6 is 0 Å². The third-order valence-electron chi connectivity index (χ3n) is 5.33. The van der Waals surface area contributed by atoms with Gasteiger partial charge in [-0.2, -0.15) is 5.26 Å². The second-order valence-electron chi connectivity index (χ2n) is 7.26. The van der Waals surface area contributed by atoms with E-state index in [0.29, 0.717) is 13.1 Å². The van der Waals surface area contributed by atoms with Gasteiger partial charge in [-0.05, 0) is 31.5 Å². The van der Waals surface area contributed by atoms with Crippen LogP contribution in [0.3, 0.4) is 0 Å². The molecule has 1 aromatic rings. The molecule has 0 unspecified atom stereocenters. The van der Waals surface area contributed by atoms with Gasteiger partial charge in [-0.3, -0.25) is 14.5 Å². The number of nitrogens with zero attached hydrogens (tertiary/aromatic N) is 3. The molecule has 0 aromatic heterocycles. The SMILES string of the molecule is N#C/C(=C/NC(=O)C1CCNCC1)C(=O)N1CCN(Cc2ccccc2)CC1. The summed E-state index contributed by atoms with van der Waals surface area (Å²) in [5, 5.41) is 15.2. The molecule has 1 aromatic carbocycles. The third-order valence-corrected chi connectivity index (χ3v) is 5.33. The summed E-state index contributed by atoms with van der Waals surface area (Å²) in [6, 6.07) is 12.2. The van der Waals surface area contributed by atoms with Crippen molar-refractivity contribution in [2.24, 2.45) is 5.92 Å². The summed E-state index contributed by atoms with van der Waals surface area (Å²) in [4.78, 5) is 28.8. The zero-order valence-electron chi connectivity index (χ0n) is 16.1. The maximum absolute atomic E-state index is 12.6. The number of benzene rings is 1. The van der Waals surface area contributed by atoms with Crippen LogP contribution in [-0.2, 0) is 16.1 Å². The standard InChI is InChI=1S/C21H27N5O2/c22-14-19(15-24-20(27)18-6-8-23-9-7-18)21(28)26-12-10-25(11-13-26)16-17-4-2-1-3-5-17/h1-5,15,18,23H,6-13,16H2,(H,24,27)/b19-15-. The molecule has 3 rings (SSSR count). The molecule has 0 bridgehead atoms. The molecular weight excluding hydrogens is 354 g/mol. The van der Waals surface area contributed by atoms with Gasteiger partial charge in [0.25, 0.3) is 5.91 Å². The quantitative estimate of drug-likeness (QED) is 0.583. The molecule has 0 radical (unpaired) electrons. The molecule has 2 aliphatic heterocycles. The van der Waals surface area contributed by atoms with Gasteiger partial charge in [0.15, 0.2) is 0 Å². The van der Waals surface area contributed by atoms with Gasteiger partial charge in [-0.25, -0.2) is 0 Å². The van der Waals surface area contributed by atoms with Crippen LogP contribution in [0.25, 0.3) is 0 Å². The monoisotopic (exact) mass is 381 g/mol. The van der Waals surface area contributed by atoms with Gasteiger partial charge in [0.2, 0.25) is 5.91 Å². The molecule has 0 spiro atoms. The van der Waals surface area contributed by atoms with Crippen molar-refractivity contribution in [3.63, 3.8) is 0 Å². The predicted molar refractivity (Wildman–Crippen MR) is 106 cm³/mol. The topological polar surface area (TPSA) is 88.5 Å². The number of hydrogen-bond donors (Lipinski definition) is 2. The fourth-order valence-electron chi connectivity index (χ4n) is 3.61. The van der Waals surface area contributed by atoms with Crippen LogP contribution in [0, 0.1) is 17.2 Å². The number of carbonyl (C=O) groups is 2. The Kier molecular flexibility index (Phi) is 7.18. The van der Waals surface area contributed by atoms with Crippen molar-refractivity contribution < 1.29 is 9.59 Å². The van der Waals surface area contributed by atoms with Crippen LogP contribution in [0.5, 0.6) is 0 Å². The number of nitrogens with one attached hydrogen (secondary N) is 2. The highest BCUT2D eigenvalue weighted by molar-refractivity contribution is 5.97. The first-order chi connectivity index (χ1) is 13.7. The van der Waals surface area contributed by atoms with Gasteiger partial charge < -0.3 is 15.5 Å². The van der Waals surface area contributed by atoms with E-state index in [4.69, 9.17) is 0 Å². The fourth-order valence-corrected chi connectivity index (χ4v) is 3.61. The molecule has 148 valence electrons. The Labute approximate surface area is 166 Å². The third kappa shape index (κ3) is 5.41. The molecule has 2 N–H and O–H groups in total. The van der Waals surface area contributed by atoms with E-state index in [1.54, 1.807) is 4.90 Å². The molecule has 0 atom stereocenters. The van der Waals surface area contributed by atoms with Crippen molar-refractivity contribution >= 4 is 11.8 Å². The molecule has 28 heavy (non-hydrogen) atoms. The smallest absolute Gasteiger partial charge is 0.266 e. The van der Waals surface area contributed by atoms with Crippen LogP contribution < -0.4 is 10.6 Å². The predicted octanol–water partition coefficient (Wildman–Crippen LogP) is 0.854. The largest absolute Gasteiger partial charge is 0.335 e. The lowest BCUT2D eigenvalue weighted by Gasteiger charge is -2.34. The molecule has 2 heterocycles. The van der Waals surface area contributed by atoms with Gasteiger partial charge in [0.1, 0.15) is 11.6 Å². The van der Waals surface area contributed by atoms with Crippen molar-refractivity contribution in [3.05, 3.63) is 47.7 Å². The summed E-state index contributed by atoms with van der Waals surface area (Å²) in [5.74, 6) is -0.490. The first kappa shape index (κ1) is 20.1. The highest BCUT2D eigenvalue weighted by Gasteiger charge is 2.25. The summed E-state index contributed by atoms with van der Waals surface area (Å²) in [5.41, 5.74) is 1.24. The van der Waals surface area contributed by atoms with Crippen molar-refractivity contribution in [1.82, 2.24) is 20.4 Å². The minimum atomic E-state index is -0.313. The van der Waals surface area contributed by atoms with Crippen LogP contribution in [0.4, 0.5) is 0 Å². The second kappa shape index (κ2) is 10.0. The number of piperazine rings is 1. The molecule has 2 saturated heterocycles. The highest BCUT2D eigenvalue weighted by atomic mass is 16.2. The Morgan fingerprint density at radius 2 is 1.82 bits per heavy atom. The van der Waals surface area contributed by atoms with Crippen molar-refractivity contribution in [1.29, 1.82) is 5.26 Å².